The standard InChI is InChI=1S/C19H22N4O3/c1-22(2)14-7-11(5-6-20-14)9-21-15(24)10-23-18(25)16-12-3-4-13(8-12)17(16)19(23)26/h3-7,12-13,16-17H,8-10H2,1-2H3,(H,21,24). The lowest BCUT2D eigenvalue weighted by Gasteiger charge is -2.17. The van der Waals surface area contributed by atoms with Crippen molar-refractivity contribution in [3.05, 3.63) is 36.0 Å². The van der Waals surface area contributed by atoms with Gasteiger partial charge in [-0.1, -0.05) is 12.2 Å². The average Bonchev–Trinajstić information content (AvgIpc) is 3.30. The smallest absolute Gasteiger partial charge is 0.240 e. The van der Waals surface area contributed by atoms with Gasteiger partial charge < -0.3 is 10.2 Å². The molecule has 26 heavy (non-hydrogen) atoms. The molecule has 1 aromatic rings. The highest BCUT2D eigenvalue weighted by Crippen LogP contribution is 2.52. The number of allylic oxidation sites excluding steroid dienone is 2. The quantitative estimate of drug-likeness (QED) is 0.618. The van der Waals surface area contributed by atoms with E-state index in [0.29, 0.717) is 6.54 Å². The summed E-state index contributed by atoms with van der Waals surface area (Å²) in [6, 6.07) is 3.72. The van der Waals surface area contributed by atoms with Crippen molar-refractivity contribution in [1.29, 1.82) is 0 Å². The number of imide groups is 1. The number of carbonyl (C=O) groups excluding carboxylic acids is 3. The van der Waals surface area contributed by atoms with Crippen LogP contribution in [0.1, 0.15) is 12.0 Å². The third-order valence-electron chi connectivity index (χ3n) is 5.62. The maximum Gasteiger partial charge on any atom is 0.240 e. The lowest BCUT2D eigenvalue weighted by Crippen LogP contribution is -2.41. The third kappa shape index (κ3) is 2.67. The SMILES string of the molecule is CN(C)c1cc(CNC(=O)CN2C(=O)C3C4C=CC(C4)C3C2=O)ccn1. The van der Waals surface area contributed by atoms with E-state index in [-0.39, 0.29) is 47.9 Å². The second-order valence-corrected chi connectivity index (χ2v) is 7.46. The van der Waals surface area contributed by atoms with Crippen LogP contribution in [0.5, 0.6) is 0 Å². The molecule has 1 saturated heterocycles. The Morgan fingerprint density at radius 1 is 1.23 bits per heavy atom. The van der Waals surface area contributed by atoms with E-state index in [4.69, 9.17) is 0 Å². The van der Waals surface area contributed by atoms with Crippen molar-refractivity contribution in [2.45, 2.75) is 13.0 Å². The van der Waals surface area contributed by atoms with Crippen LogP contribution < -0.4 is 10.2 Å². The van der Waals surface area contributed by atoms with E-state index in [1.807, 2.05) is 43.3 Å². The Bertz CT molecular complexity index is 774. The van der Waals surface area contributed by atoms with Gasteiger partial charge in [0, 0.05) is 26.8 Å². The van der Waals surface area contributed by atoms with E-state index >= 15 is 0 Å². The van der Waals surface area contributed by atoms with Crippen molar-refractivity contribution >= 4 is 23.5 Å². The van der Waals surface area contributed by atoms with Crippen LogP contribution in [0, 0.1) is 23.7 Å². The summed E-state index contributed by atoms with van der Waals surface area (Å²) in [5, 5.41) is 2.79. The van der Waals surface area contributed by atoms with E-state index in [1.54, 1.807) is 6.20 Å². The zero-order valence-corrected chi connectivity index (χ0v) is 14.9. The number of pyridine rings is 1. The zero-order valence-electron chi connectivity index (χ0n) is 14.9. The van der Waals surface area contributed by atoms with Gasteiger partial charge in [-0.3, -0.25) is 19.3 Å². The van der Waals surface area contributed by atoms with Crippen molar-refractivity contribution in [2.75, 3.05) is 25.5 Å². The molecule has 7 nitrogen and oxygen atoms in total. The maximum atomic E-state index is 12.6. The van der Waals surface area contributed by atoms with Gasteiger partial charge >= 0.3 is 0 Å². The summed E-state index contributed by atoms with van der Waals surface area (Å²) in [5.74, 6) is -0.0860. The molecular formula is C19H22N4O3. The molecule has 3 aliphatic rings. The third-order valence-corrected chi connectivity index (χ3v) is 5.62. The Kier molecular flexibility index (Phi) is 4.01. The van der Waals surface area contributed by atoms with Gasteiger partial charge in [-0.05, 0) is 36.0 Å². The van der Waals surface area contributed by atoms with Gasteiger partial charge in [-0.2, -0.15) is 0 Å². The second kappa shape index (κ2) is 6.23. The molecule has 1 saturated carbocycles. The van der Waals surface area contributed by atoms with Crippen molar-refractivity contribution in [2.24, 2.45) is 23.7 Å². The van der Waals surface area contributed by atoms with E-state index < -0.39 is 0 Å². The minimum Gasteiger partial charge on any atom is -0.363 e. The Hall–Kier alpha value is -2.70. The van der Waals surface area contributed by atoms with E-state index in [2.05, 4.69) is 10.3 Å². The molecule has 4 unspecified atom stereocenters. The Morgan fingerprint density at radius 2 is 1.88 bits per heavy atom. The molecular weight excluding hydrogens is 332 g/mol. The number of nitrogens with zero attached hydrogens (tertiary/aromatic N) is 3. The van der Waals surface area contributed by atoms with Crippen molar-refractivity contribution in [3.63, 3.8) is 0 Å². The second-order valence-electron chi connectivity index (χ2n) is 7.46. The van der Waals surface area contributed by atoms with E-state index in [1.165, 1.54) is 0 Å². The summed E-state index contributed by atoms with van der Waals surface area (Å²) >= 11 is 0. The zero-order chi connectivity index (χ0) is 18.4. The summed E-state index contributed by atoms with van der Waals surface area (Å²) in [7, 11) is 3.79. The van der Waals surface area contributed by atoms with Crippen LogP contribution in [0.4, 0.5) is 5.82 Å². The number of aromatic nitrogens is 1. The molecule has 4 rings (SSSR count). The molecule has 2 aliphatic carbocycles. The van der Waals surface area contributed by atoms with Crippen LogP contribution in [-0.4, -0.2) is 48.2 Å². The topological polar surface area (TPSA) is 82.6 Å². The molecule has 4 atom stereocenters. The molecule has 0 spiro atoms. The molecule has 136 valence electrons. The van der Waals surface area contributed by atoms with Gasteiger partial charge in [0.05, 0.1) is 11.8 Å². The summed E-state index contributed by atoms with van der Waals surface area (Å²) in [6.07, 6.45) is 6.68. The Labute approximate surface area is 152 Å². The first kappa shape index (κ1) is 16.8. The molecule has 1 N–H and O–H groups in total. The highest BCUT2D eigenvalue weighted by atomic mass is 16.2. The first-order valence-electron chi connectivity index (χ1n) is 8.88. The van der Waals surface area contributed by atoms with Gasteiger partial charge in [-0.25, -0.2) is 4.98 Å². The van der Waals surface area contributed by atoms with Gasteiger partial charge in [0.2, 0.25) is 17.7 Å². The lowest BCUT2D eigenvalue weighted by atomic mass is 9.85. The molecule has 2 heterocycles. The number of amides is 3. The molecule has 0 aromatic carbocycles. The molecule has 2 fully saturated rings. The fraction of sp³-hybridized carbons (Fsp3) is 0.474. The number of nitrogens with one attached hydrogen (secondary N) is 1. The van der Waals surface area contributed by atoms with Crippen LogP contribution in [0.3, 0.4) is 0 Å². The first-order chi connectivity index (χ1) is 12.5. The number of carbonyl (C=O) groups is 3. The number of likely N-dealkylation sites (tertiary alicyclic amines) is 1. The van der Waals surface area contributed by atoms with E-state index in [0.717, 1.165) is 22.7 Å². The fourth-order valence-electron chi connectivity index (χ4n) is 4.34. The Balaban J connectivity index is 1.36. The van der Waals surface area contributed by atoms with Crippen LogP contribution in [0.25, 0.3) is 0 Å². The van der Waals surface area contributed by atoms with Crippen LogP contribution in [-0.2, 0) is 20.9 Å². The predicted molar refractivity (Wildman–Crippen MR) is 94.8 cm³/mol. The fourth-order valence-corrected chi connectivity index (χ4v) is 4.34. The molecule has 0 radical (unpaired) electrons. The van der Waals surface area contributed by atoms with Gasteiger partial charge in [-0.15, -0.1) is 0 Å². The summed E-state index contributed by atoms with van der Waals surface area (Å²) in [4.78, 5) is 44.7. The molecule has 1 aromatic heterocycles. The summed E-state index contributed by atoms with van der Waals surface area (Å²) < 4.78 is 0. The van der Waals surface area contributed by atoms with Crippen LogP contribution in [0.2, 0.25) is 0 Å². The maximum absolute atomic E-state index is 12.6. The van der Waals surface area contributed by atoms with Crippen molar-refractivity contribution < 1.29 is 14.4 Å². The number of hydrogen-bond acceptors (Lipinski definition) is 5. The van der Waals surface area contributed by atoms with Crippen molar-refractivity contribution in [3.8, 4) is 0 Å². The van der Waals surface area contributed by atoms with Crippen molar-refractivity contribution in [1.82, 2.24) is 15.2 Å². The monoisotopic (exact) mass is 354 g/mol. The van der Waals surface area contributed by atoms with Crippen LogP contribution >= 0.6 is 0 Å². The minimum atomic E-state index is -0.324. The largest absolute Gasteiger partial charge is 0.363 e. The minimum absolute atomic E-state index is 0.163. The van der Waals surface area contributed by atoms with Gasteiger partial charge in [0.25, 0.3) is 0 Å². The number of anilines is 1. The van der Waals surface area contributed by atoms with Gasteiger partial charge in [0.1, 0.15) is 12.4 Å². The van der Waals surface area contributed by atoms with Gasteiger partial charge in [0.15, 0.2) is 0 Å². The first-order valence-corrected chi connectivity index (χ1v) is 8.88. The molecule has 3 amide bonds. The summed E-state index contributed by atoms with van der Waals surface area (Å²) in [5.41, 5.74) is 0.912. The molecule has 7 heteroatoms. The number of fused-ring (bicyclic) bond motifs is 5. The number of hydrogen-bond donors (Lipinski definition) is 1. The summed E-state index contributed by atoms with van der Waals surface area (Å²) in [6.45, 7) is 0.133. The molecule has 1 aliphatic heterocycles. The number of rotatable bonds is 5. The highest BCUT2D eigenvalue weighted by Gasteiger charge is 2.59. The molecule has 2 bridgehead atoms. The Morgan fingerprint density at radius 3 is 2.50 bits per heavy atom. The normalized spacial score (nSPS) is 28.6. The lowest BCUT2D eigenvalue weighted by molar-refractivity contribution is -0.144. The average molecular weight is 354 g/mol. The highest BCUT2D eigenvalue weighted by molar-refractivity contribution is 6.08. The van der Waals surface area contributed by atoms with Crippen LogP contribution in [0.15, 0.2) is 30.5 Å². The predicted octanol–water partition coefficient (Wildman–Crippen LogP) is 0.571. The van der Waals surface area contributed by atoms with E-state index in [9.17, 15) is 14.4 Å².